The van der Waals surface area contributed by atoms with Gasteiger partial charge in [0.05, 0.1) is 16.5 Å². The summed E-state index contributed by atoms with van der Waals surface area (Å²) < 4.78 is 26.7. The van der Waals surface area contributed by atoms with Gasteiger partial charge in [-0.1, -0.05) is 6.07 Å². The number of nitrogens with zero attached hydrogens (tertiary/aromatic N) is 1. The number of aromatic nitrogens is 1. The molecule has 0 saturated heterocycles. The molecule has 0 spiro atoms. The molecule has 0 atom stereocenters. The second kappa shape index (κ2) is 7.72. The minimum atomic E-state index is -3.27. The molecule has 0 aliphatic heterocycles. The maximum Gasteiger partial charge on any atom is 0.227 e. The SMILES string of the molecule is CC(C)S(=O)(=O)NC1CCC(C(=O)Nc2cccc3ncccc23)CC1. The molecular formula is C19H25N3O3S. The molecule has 7 heteroatoms. The van der Waals surface area contributed by atoms with Gasteiger partial charge in [0.15, 0.2) is 0 Å². The number of hydrogen-bond donors (Lipinski definition) is 2. The van der Waals surface area contributed by atoms with Gasteiger partial charge in [0, 0.05) is 23.5 Å². The van der Waals surface area contributed by atoms with Crippen molar-refractivity contribution in [3.63, 3.8) is 0 Å². The highest BCUT2D eigenvalue weighted by Gasteiger charge is 2.29. The molecule has 1 aliphatic carbocycles. The van der Waals surface area contributed by atoms with E-state index in [0.717, 1.165) is 16.6 Å². The highest BCUT2D eigenvalue weighted by molar-refractivity contribution is 7.90. The van der Waals surface area contributed by atoms with Crippen LogP contribution in [-0.2, 0) is 14.8 Å². The van der Waals surface area contributed by atoms with Crippen LogP contribution in [0, 0.1) is 5.92 Å². The highest BCUT2D eigenvalue weighted by Crippen LogP contribution is 2.28. The van der Waals surface area contributed by atoms with Crippen LogP contribution in [0.15, 0.2) is 36.5 Å². The first-order chi connectivity index (χ1) is 12.4. The van der Waals surface area contributed by atoms with E-state index in [1.54, 1.807) is 20.0 Å². The number of pyridine rings is 1. The van der Waals surface area contributed by atoms with Crippen LogP contribution in [0.25, 0.3) is 10.9 Å². The summed E-state index contributed by atoms with van der Waals surface area (Å²) in [7, 11) is -3.27. The Morgan fingerprint density at radius 2 is 1.85 bits per heavy atom. The third-order valence-electron chi connectivity index (χ3n) is 4.95. The molecule has 2 aromatic rings. The van der Waals surface area contributed by atoms with E-state index >= 15 is 0 Å². The van der Waals surface area contributed by atoms with E-state index in [2.05, 4.69) is 15.0 Å². The molecule has 140 valence electrons. The van der Waals surface area contributed by atoms with Crippen molar-refractivity contribution in [3.05, 3.63) is 36.5 Å². The Kier molecular flexibility index (Phi) is 5.58. The fraction of sp³-hybridized carbons (Fsp3) is 0.474. The van der Waals surface area contributed by atoms with Gasteiger partial charge in [-0.15, -0.1) is 0 Å². The molecule has 2 N–H and O–H groups in total. The molecule has 6 nitrogen and oxygen atoms in total. The third kappa shape index (κ3) is 4.22. The lowest BCUT2D eigenvalue weighted by molar-refractivity contribution is -0.120. The molecule has 0 radical (unpaired) electrons. The predicted molar refractivity (Wildman–Crippen MR) is 103 cm³/mol. The van der Waals surface area contributed by atoms with E-state index in [1.807, 2.05) is 30.3 Å². The van der Waals surface area contributed by atoms with Gasteiger partial charge >= 0.3 is 0 Å². The van der Waals surface area contributed by atoms with Crippen LogP contribution in [0.4, 0.5) is 5.69 Å². The van der Waals surface area contributed by atoms with Gasteiger partial charge in [-0.3, -0.25) is 9.78 Å². The molecule has 1 aromatic carbocycles. The number of nitrogens with one attached hydrogen (secondary N) is 2. The van der Waals surface area contributed by atoms with Crippen LogP contribution in [0.5, 0.6) is 0 Å². The normalized spacial score (nSPS) is 21.0. The number of carbonyl (C=O) groups is 1. The van der Waals surface area contributed by atoms with Gasteiger partial charge < -0.3 is 5.32 Å². The molecule has 1 aromatic heterocycles. The van der Waals surface area contributed by atoms with Crippen molar-refractivity contribution >= 4 is 32.5 Å². The van der Waals surface area contributed by atoms with Gasteiger partial charge in [-0.05, 0) is 63.8 Å². The summed E-state index contributed by atoms with van der Waals surface area (Å²) in [5.74, 6) is -0.103. The number of anilines is 1. The number of rotatable bonds is 5. The van der Waals surface area contributed by atoms with Crippen molar-refractivity contribution in [1.29, 1.82) is 0 Å². The van der Waals surface area contributed by atoms with E-state index in [1.165, 1.54) is 0 Å². The molecule has 26 heavy (non-hydrogen) atoms. The van der Waals surface area contributed by atoms with E-state index in [-0.39, 0.29) is 17.9 Å². The summed E-state index contributed by atoms with van der Waals surface area (Å²) in [6, 6.07) is 9.39. The van der Waals surface area contributed by atoms with Gasteiger partial charge in [0.25, 0.3) is 0 Å². The van der Waals surface area contributed by atoms with Crippen molar-refractivity contribution in [2.45, 2.75) is 50.8 Å². The lowest BCUT2D eigenvalue weighted by Gasteiger charge is -2.28. The molecule has 0 unspecified atom stereocenters. The fourth-order valence-electron chi connectivity index (χ4n) is 3.29. The molecule has 0 bridgehead atoms. The lowest BCUT2D eigenvalue weighted by Crippen LogP contribution is -2.42. The number of amides is 1. The number of hydrogen-bond acceptors (Lipinski definition) is 4. The van der Waals surface area contributed by atoms with E-state index in [9.17, 15) is 13.2 Å². The van der Waals surface area contributed by atoms with Crippen LogP contribution < -0.4 is 10.0 Å². The average Bonchev–Trinajstić information content (AvgIpc) is 2.62. The second-order valence-electron chi connectivity index (χ2n) is 7.13. The monoisotopic (exact) mass is 375 g/mol. The number of carbonyl (C=O) groups excluding carboxylic acids is 1. The van der Waals surface area contributed by atoms with E-state index in [4.69, 9.17) is 0 Å². The van der Waals surface area contributed by atoms with Crippen LogP contribution in [-0.4, -0.2) is 30.6 Å². The first-order valence-electron chi connectivity index (χ1n) is 9.02. The second-order valence-corrected chi connectivity index (χ2v) is 9.39. The van der Waals surface area contributed by atoms with Crippen LogP contribution in [0.3, 0.4) is 0 Å². The van der Waals surface area contributed by atoms with Crippen LogP contribution in [0.2, 0.25) is 0 Å². The lowest BCUT2D eigenvalue weighted by atomic mass is 9.86. The topological polar surface area (TPSA) is 88.2 Å². The van der Waals surface area contributed by atoms with Crippen molar-refractivity contribution < 1.29 is 13.2 Å². The largest absolute Gasteiger partial charge is 0.325 e. The standard InChI is InChI=1S/C19H25N3O3S/c1-13(2)26(24,25)22-15-10-8-14(9-11-15)19(23)21-18-7-3-6-17-16(18)5-4-12-20-17/h3-7,12-15,22H,8-11H2,1-2H3,(H,21,23). The third-order valence-corrected chi connectivity index (χ3v) is 6.86. The smallest absolute Gasteiger partial charge is 0.227 e. The zero-order valence-electron chi connectivity index (χ0n) is 15.1. The first-order valence-corrected chi connectivity index (χ1v) is 10.6. The molecular weight excluding hydrogens is 350 g/mol. The summed E-state index contributed by atoms with van der Waals surface area (Å²) in [6.07, 6.45) is 4.45. The Bertz CT molecular complexity index is 883. The number of fused-ring (bicyclic) bond motifs is 1. The molecule has 1 heterocycles. The van der Waals surface area contributed by atoms with Gasteiger partial charge in [-0.2, -0.15) is 0 Å². The summed E-state index contributed by atoms with van der Waals surface area (Å²) in [4.78, 5) is 16.9. The Hall–Kier alpha value is -1.99. The predicted octanol–water partition coefficient (Wildman–Crippen LogP) is 3.06. The maximum absolute atomic E-state index is 12.6. The summed E-state index contributed by atoms with van der Waals surface area (Å²) >= 11 is 0. The molecule has 3 rings (SSSR count). The van der Waals surface area contributed by atoms with E-state index in [0.29, 0.717) is 25.7 Å². The van der Waals surface area contributed by atoms with Crippen molar-refractivity contribution in [2.75, 3.05) is 5.32 Å². The van der Waals surface area contributed by atoms with Crippen LogP contribution in [0.1, 0.15) is 39.5 Å². The van der Waals surface area contributed by atoms with Crippen molar-refractivity contribution in [3.8, 4) is 0 Å². The highest BCUT2D eigenvalue weighted by atomic mass is 32.2. The summed E-state index contributed by atoms with van der Waals surface area (Å²) in [5.41, 5.74) is 1.61. The molecule has 1 saturated carbocycles. The quantitative estimate of drug-likeness (QED) is 0.841. The minimum absolute atomic E-state index is 0.00785. The zero-order valence-corrected chi connectivity index (χ0v) is 15.9. The Labute approximate surface area is 154 Å². The van der Waals surface area contributed by atoms with Gasteiger partial charge in [0.1, 0.15) is 0 Å². The summed E-state index contributed by atoms with van der Waals surface area (Å²) in [5, 5.41) is 3.50. The van der Waals surface area contributed by atoms with Crippen molar-refractivity contribution in [2.24, 2.45) is 5.92 Å². The molecule has 1 fully saturated rings. The first kappa shape index (κ1) is 18.8. The maximum atomic E-state index is 12.6. The van der Waals surface area contributed by atoms with Crippen molar-refractivity contribution in [1.82, 2.24) is 9.71 Å². The van der Waals surface area contributed by atoms with E-state index < -0.39 is 15.3 Å². The number of benzene rings is 1. The average molecular weight is 375 g/mol. The van der Waals surface area contributed by atoms with Gasteiger partial charge in [-0.25, -0.2) is 13.1 Å². The molecule has 1 amide bonds. The zero-order chi connectivity index (χ0) is 18.7. The summed E-state index contributed by atoms with van der Waals surface area (Å²) in [6.45, 7) is 3.33. The Morgan fingerprint density at radius 1 is 1.12 bits per heavy atom. The van der Waals surface area contributed by atoms with Gasteiger partial charge in [0.2, 0.25) is 15.9 Å². The minimum Gasteiger partial charge on any atom is -0.325 e. The molecule has 1 aliphatic rings. The Balaban J connectivity index is 1.60. The Morgan fingerprint density at radius 3 is 2.54 bits per heavy atom. The van der Waals surface area contributed by atoms with Crippen LogP contribution >= 0.6 is 0 Å². The fourth-order valence-corrected chi connectivity index (χ4v) is 4.26. The number of sulfonamides is 1.